The summed E-state index contributed by atoms with van der Waals surface area (Å²) in [5.41, 5.74) is 6.00. The number of benzene rings is 2. The highest BCUT2D eigenvalue weighted by atomic mass is 16.5. The Morgan fingerprint density at radius 1 is 0.875 bits per heavy atom. The molecule has 2 unspecified atom stereocenters. The lowest BCUT2D eigenvalue weighted by Crippen LogP contribution is -2.20. The molecule has 0 N–H and O–H groups in total. The summed E-state index contributed by atoms with van der Waals surface area (Å²) in [7, 11) is 0. The maximum Gasteiger partial charge on any atom is 0.335 e. The van der Waals surface area contributed by atoms with Gasteiger partial charge in [-0.05, 0) is 81.0 Å². The van der Waals surface area contributed by atoms with Crippen LogP contribution in [0.5, 0.6) is 0 Å². The minimum absolute atomic E-state index is 0.391. The van der Waals surface area contributed by atoms with Gasteiger partial charge < -0.3 is 9.64 Å². The van der Waals surface area contributed by atoms with Crippen LogP contribution < -0.4 is 4.90 Å². The first kappa shape index (κ1) is 21.6. The maximum absolute atomic E-state index is 11.4. The molecule has 0 fully saturated rings. The lowest BCUT2D eigenvalue weighted by Gasteiger charge is -2.31. The molecule has 0 amide bonds. The molecular formula is C29H29NO2. The zero-order chi connectivity index (χ0) is 22.5. The molecule has 162 valence electrons. The number of aryl methyl sites for hydroxylation is 2. The van der Waals surface area contributed by atoms with E-state index in [1.165, 1.54) is 22.9 Å². The predicted octanol–water partition coefficient (Wildman–Crippen LogP) is 7.09. The van der Waals surface area contributed by atoms with Gasteiger partial charge in [0.1, 0.15) is 5.76 Å². The molecule has 0 spiro atoms. The van der Waals surface area contributed by atoms with E-state index >= 15 is 0 Å². The first-order chi connectivity index (χ1) is 15.5. The van der Waals surface area contributed by atoms with E-state index in [2.05, 4.69) is 98.2 Å². The van der Waals surface area contributed by atoms with Gasteiger partial charge in [0.25, 0.3) is 0 Å². The summed E-state index contributed by atoms with van der Waals surface area (Å²) in [6.45, 7) is 7.67. The molecule has 0 radical (unpaired) electrons. The van der Waals surface area contributed by atoms with Crippen molar-refractivity contribution in [3.63, 3.8) is 0 Å². The van der Waals surface area contributed by atoms with Gasteiger partial charge in [0.2, 0.25) is 0 Å². The Morgan fingerprint density at radius 3 is 1.84 bits per heavy atom. The topological polar surface area (TPSA) is 29.5 Å². The third-order valence-electron chi connectivity index (χ3n) is 5.99. The standard InChI is InChI=1S/C29H29NO2/c1-4-29(31)32-28-19-11-24(12-20-28)23-9-17-27(18-10-23)30(25-13-5-21(2)6-14-25)26-15-7-22(3)8-16-26/h4-9,11,13-20,23-24H,1,10,12H2,2-3H3. The Hall–Kier alpha value is -3.59. The Kier molecular flexibility index (Phi) is 6.55. The Balaban J connectivity index is 1.51. The number of carbonyl (C=O) groups excluding carboxylic acids is 1. The van der Waals surface area contributed by atoms with E-state index in [1.807, 2.05) is 12.2 Å². The van der Waals surface area contributed by atoms with Crippen LogP contribution in [0.1, 0.15) is 24.0 Å². The van der Waals surface area contributed by atoms with Crippen molar-refractivity contribution in [3.8, 4) is 0 Å². The number of anilines is 2. The highest BCUT2D eigenvalue weighted by molar-refractivity contribution is 5.82. The van der Waals surface area contributed by atoms with E-state index in [1.54, 1.807) is 0 Å². The van der Waals surface area contributed by atoms with Crippen molar-refractivity contribution in [2.24, 2.45) is 11.8 Å². The Labute approximate surface area is 190 Å². The van der Waals surface area contributed by atoms with E-state index in [9.17, 15) is 4.79 Å². The molecule has 2 aliphatic rings. The average molecular weight is 424 g/mol. The normalized spacial score (nSPS) is 19.7. The molecule has 0 saturated heterocycles. The lowest BCUT2D eigenvalue weighted by atomic mass is 9.82. The molecule has 32 heavy (non-hydrogen) atoms. The molecule has 0 bridgehead atoms. The fourth-order valence-electron chi connectivity index (χ4n) is 4.11. The first-order valence-electron chi connectivity index (χ1n) is 11.1. The number of hydrogen-bond acceptors (Lipinski definition) is 3. The van der Waals surface area contributed by atoms with Crippen LogP contribution in [-0.4, -0.2) is 5.97 Å². The molecule has 2 aromatic rings. The zero-order valence-electron chi connectivity index (χ0n) is 18.7. The number of nitrogens with zero attached hydrogens (tertiary/aromatic N) is 1. The number of esters is 1. The van der Waals surface area contributed by atoms with Crippen LogP contribution >= 0.6 is 0 Å². The van der Waals surface area contributed by atoms with Gasteiger partial charge in [0, 0.05) is 23.1 Å². The molecule has 0 saturated carbocycles. The van der Waals surface area contributed by atoms with Crippen molar-refractivity contribution >= 4 is 17.3 Å². The van der Waals surface area contributed by atoms with Crippen LogP contribution in [0.25, 0.3) is 0 Å². The summed E-state index contributed by atoms with van der Waals surface area (Å²) in [4.78, 5) is 13.7. The van der Waals surface area contributed by atoms with Crippen molar-refractivity contribution in [2.75, 3.05) is 4.90 Å². The van der Waals surface area contributed by atoms with Gasteiger partial charge in [-0.3, -0.25) is 0 Å². The van der Waals surface area contributed by atoms with Crippen LogP contribution in [0.2, 0.25) is 0 Å². The lowest BCUT2D eigenvalue weighted by molar-refractivity contribution is -0.133. The van der Waals surface area contributed by atoms with Gasteiger partial charge in [-0.2, -0.15) is 0 Å². The smallest absolute Gasteiger partial charge is 0.335 e. The molecule has 0 heterocycles. The molecule has 0 aromatic heterocycles. The van der Waals surface area contributed by atoms with E-state index in [0.29, 0.717) is 17.6 Å². The Bertz CT molecular complexity index is 1060. The highest BCUT2D eigenvalue weighted by Crippen LogP contribution is 2.36. The molecule has 4 rings (SSSR count). The molecule has 2 atom stereocenters. The summed E-state index contributed by atoms with van der Waals surface area (Å²) in [5, 5.41) is 0. The number of carbonyl (C=O) groups is 1. The second kappa shape index (κ2) is 9.69. The first-order valence-corrected chi connectivity index (χ1v) is 11.1. The highest BCUT2D eigenvalue weighted by Gasteiger charge is 2.23. The number of hydrogen-bond donors (Lipinski definition) is 0. The monoisotopic (exact) mass is 423 g/mol. The minimum atomic E-state index is -0.420. The quantitative estimate of drug-likeness (QED) is 0.367. The van der Waals surface area contributed by atoms with Gasteiger partial charge in [-0.25, -0.2) is 4.79 Å². The van der Waals surface area contributed by atoms with Crippen molar-refractivity contribution in [2.45, 2.75) is 26.7 Å². The van der Waals surface area contributed by atoms with Gasteiger partial charge in [-0.15, -0.1) is 0 Å². The van der Waals surface area contributed by atoms with Crippen LogP contribution in [0, 0.1) is 25.7 Å². The van der Waals surface area contributed by atoms with Crippen molar-refractivity contribution in [1.29, 1.82) is 0 Å². The van der Waals surface area contributed by atoms with Crippen molar-refractivity contribution in [1.82, 2.24) is 0 Å². The van der Waals surface area contributed by atoms with Crippen LogP contribution in [0.3, 0.4) is 0 Å². The molecule has 2 aromatic carbocycles. The van der Waals surface area contributed by atoms with Crippen LogP contribution in [0.4, 0.5) is 11.4 Å². The van der Waals surface area contributed by atoms with Crippen LogP contribution in [0.15, 0.2) is 109 Å². The van der Waals surface area contributed by atoms with Gasteiger partial charge in [0.05, 0.1) is 0 Å². The third kappa shape index (κ3) is 5.00. The number of rotatable bonds is 6. The van der Waals surface area contributed by atoms with Gasteiger partial charge >= 0.3 is 5.97 Å². The fourth-order valence-corrected chi connectivity index (χ4v) is 4.11. The number of ether oxygens (including phenoxy) is 1. The summed E-state index contributed by atoms with van der Waals surface area (Å²) in [6, 6.07) is 17.3. The van der Waals surface area contributed by atoms with Crippen LogP contribution in [-0.2, 0) is 9.53 Å². The molecule has 2 aliphatic carbocycles. The van der Waals surface area contributed by atoms with E-state index in [0.717, 1.165) is 24.2 Å². The van der Waals surface area contributed by atoms with Gasteiger partial charge in [0.15, 0.2) is 0 Å². The zero-order valence-corrected chi connectivity index (χ0v) is 18.7. The summed E-state index contributed by atoms with van der Waals surface area (Å²) >= 11 is 0. The maximum atomic E-state index is 11.4. The van der Waals surface area contributed by atoms with Crippen molar-refractivity contribution in [3.05, 3.63) is 120 Å². The SMILES string of the molecule is C=CC(=O)OC1=CCC(C2C=CC(N(c3ccc(C)cc3)c3ccc(C)cc3)=CC2)C=C1. The van der Waals surface area contributed by atoms with Gasteiger partial charge in [-0.1, -0.05) is 60.2 Å². The fraction of sp³-hybridized carbons (Fsp3) is 0.207. The van der Waals surface area contributed by atoms with Crippen molar-refractivity contribution < 1.29 is 9.53 Å². The second-order valence-corrected chi connectivity index (χ2v) is 8.38. The summed E-state index contributed by atoms with van der Waals surface area (Å²) in [6.07, 6.45) is 15.9. The number of allylic oxidation sites excluding steroid dienone is 6. The second-order valence-electron chi connectivity index (χ2n) is 8.38. The van der Waals surface area contributed by atoms with E-state index in [-0.39, 0.29) is 0 Å². The molecule has 0 aliphatic heterocycles. The predicted molar refractivity (Wildman–Crippen MR) is 131 cm³/mol. The largest absolute Gasteiger partial charge is 0.424 e. The Morgan fingerprint density at radius 2 is 1.41 bits per heavy atom. The molecule has 3 heteroatoms. The summed E-state index contributed by atoms with van der Waals surface area (Å²) in [5.74, 6) is 0.993. The molecular weight excluding hydrogens is 394 g/mol. The molecule has 3 nitrogen and oxygen atoms in total. The average Bonchev–Trinajstić information content (AvgIpc) is 2.82. The van der Waals surface area contributed by atoms with E-state index in [4.69, 9.17) is 4.74 Å². The van der Waals surface area contributed by atoms with E-state index < -0.39 is 5.97 Å². The third-order valence-corrected chi connectivity index (χ3v) is 5.99. The summed E-state index contributed by atoms with van der Waals surface area (Å²) < 4.78 is 5.22. The minimum Gasteiger partial charge on any atom is -0.424 e.